The van der Waals surface area contributed by atoms with E-state index < -0.39 is 0 Å². The van der Waals surface area contributed by atoms with E-state index in [2.05, 4.69) is 17.6 Å². The lowest BCUT2D eigenvalue weighted by Gasteiger charge is -2.23. The fraction of sp³-hybridized carbons (Fsp3) is 0.0909. The van der Waals surface area contributed by atoms with Gasteiger partial charge in [0.2, 0.25) is 0 Å². The smallest absolute Gasteiger partial charge is 0.165 e. The summed E-state index contributed by atoms with van der Waals surface area (Å²) < 4.78 is 19.7. The number of hydrazine groups is 1. The first kappa shape index (κ1) is 16.2. The van der Waals surface area contributed by atoms with Crippen LogP contribution in [0, 0.1) is 5.82 Å². The van der Waals surface area contributed by atoms with Crippen LogP contribution in [0.4, 0.5) is 10.1 Å². The van der Waals surface area contributed by atoms with Crippen molar-refractivity contribution in [2.45, 2.75) is 6.92 Å². The Labute approximate surface area is 152 Å². The number of hydrogen-bond donors (Lipinski definition) is 1. The molecular formula is C22H19FN2O. The van der Waals surface area contributed by atoms with Gasteiger partial charge in [-0.05, 0) is 36.8 Å². The average molecular weight is 346 g/mol. The first-order valence-electron chi connectivity index (χ1n) is 8.61. The Hall–Kier alpha value is -3.27. The van der Waals surface area contributed by atoms with E-state index in [1.807, 2.05) is 66.7 Å². The minimum atomic E-state index is -0.356. The molecule has 0 fully saturated rings. The fourth-order valence-corrected chi connectivity index (χ4v) is 3.14. The summed E-state index contributed by atoms with van der Waals surface area (Å²) in [5.74, 6) is -0.0807. The lowest BCUT2D eigenvalue weighted by Crippen LogP contribution is -2.29. The number of hydrogen-bond acceptors (Lipinski definition) is 3. The molecule has 2 aromatic rings. The molecular weight excluding hydrogens is 327 g/mol. The molecule has 0 amide bonds. The lowest BCUT2D eigenvalue weighted by molar-refractivity contribution is 0.321. The molecule has 0 saturated carbocycles. The molecule has 0 bridgehead atoms. The zero-order valence-electron chi connectivity index (χ0n) is 14.4. The summed E-state index contributed by atoms with van der Waals surface area (Å²) in [6.45, 7) is 2.28. The maximum absolute atomic E-state index is 14.4. The van der Waals surface area contributed by atoms with E-state index >= 15 is 0 Å². The van der Waals surface area contributed by atoms with Crippen molar-refractivity contribution < 1.29 is 9.13 Å². The topological polar surface area (TPSA) is 24.5 Å². The van der Waals surface area contributed by atoms with E-state index in [0.29, 0.717) is 6.61 Å². The normalized spacial score (nSPS) is 15.5. The van der Waals surface area contributed by atoms with Crippen molar-refractivity contribution in [1.29, 1.82) is 0 Å². The van der Waals surface area contributed by atoms with E-state index in [1.165, 1.54) is 6.07 Å². The summed E-state index contributed by atoms with van der Waals surface area (Å²) in [5.41, 5.74) is 8.11. The highest BCUT2D eigenvalue weighted by Crippen LogP contribution is 2.37. The van der Waals surface area contributed by atoms with Gasteiger partial charge in [0, 0.05) is 17.3 Å². The number of allylic oxidation sites excluding steroid dienone is 6. The largest absolute Gasteiger partial charge is 0.491 e. The van der Waals surface area contributed by atoms with E-state index in [-0.39, 0.29) is 11.6 Å². The summed E-state index contributed by atoms with van der Waals surface area (Å²) in [7, 11) is 0. The third-order valence-electron chi connectivity index (χ3n) is 4.31. The average Bonchev–Trinajstić information content (AvgIpc) is 3.33. The summed E-state index contributed by atoms with van der Waals surface area (Å²) in [4.78, 5) is 0. The van der Waals surface area contributed by atoms with Gasteiger partial charge in [-0.2, -0.15) is 0 Å². The minimum Gasteiger partial charge on any atom is -0.491 e. The lowest BCUT2D eigenvalue weighted by atomic mass is 10.00. The molecule has 0 aromatic heterocycles. The van der Waals surface area contributed by atoms with Crippen LogP contribution >= 0.6 is 0 Å². The number of nitrogens with one attached hydrogen (secondary N) is 1. The van der Waals surface area contributed by atoms with Crippen molar-refractivity contribution in [3.05, 3.63) is 102 Å². The molecule has 4 heteroatoms. The van der Waals surface area contributed by atoms with E-state index in [0.717, 1.165) is 28.1 Å². The van der Waals surface area contributed by atoms with Gasteiger partial charge in [-0.1, -0.05) is 48.6 Å². The van der Waals surface area contributed by atoms with Gasteiger partial charge in [0.1, 0.15) is 0 Å². The molecule has 2 aromatic carbocycles. The third-order valence-corrected chi connectivity index (χ3v) is 4.31. The summed E-state index contributed by atoms with van der Waals surface area (Å²) >= 11 is 0. The zero-order valence-corrected chi connectivity index (χ0v) is 14.4. The molecule has 1 aliphatic heterocycles. The summed E-state index contributed by atoms with van der Waals surface area (Å²) in [5, 5.41) is 2.01. The predicted molar refractivity (Wildman–Crippen MR) is 103 cm³/mol. The Kier molecular flexibility index (Phi) is 4.32. The molecule has 0 spiro atoms. The Balaban J connectivity index is 1.77. The third kappa shape index (κ3) is 2.90. The van der Waals surface area contributed by atoms with Crippen LogP contribution in [-0.2, 0) is 0 Å². The minimum absolute atomic E-state index is 0.276. The maximum Gasteiger partial charge on any atom is 0.165 e. The van der Waals surface area contributed by atoms with Crippen LogP contribution in [0.5, 0.6) is 5.75 Å². The molecule has 0 saturated heterocycles. The fourth-order valence-electron chi connectivity index (χ4n) is 3.14. The van der Waals surface area contributed by atoms with Crippen LogP contribution < -0.4 is 15.2 Å². The molecule has 0 radical (unpaired) electrons. The molecule has 130 valence electrons. The molecule has 26 heavy (non-hydrogen) atoms. The summed E-state index contributed by atoms with van der Waals surface area (Å²) in [6, 6.07) is 15.1. The van der Waals surface area contributed by atoms with Crippen molar-refractivity contribution in [3.8, 4) is 5.75 Å². The molecule has 1 N–H and O–H groups in total. The van der Waals surface area contributed by atoms with Crippen molar-refractivity contribution in [2.24, 2.45) is 0 Å². The van der Waals surface area contributed by atoms with Gasteiger partial charge in [0.25, 0.3) is 0 Å². The number of halogens is 1. The first-order valence-corrected chi connectivity index (χ1v) is 8.61. The monoisotopic (exact) mass is 346 g/mol. The molecule has 4 rings (SSSR count). The van der Waals surface area contributed by atoms with Crippen LogP contribution in [0.15, 0.2) is 90.3 Å². The van der Waals surface area contributed by atoms with E-state index in [1.54, 1.807) is 6.07 Å². The number of ether oxygens (including phenoxy) is 1. The standard InChI is InChI=1S/C22H19FN2O/c1-2-26-21-13-12-17(14-20(21)23)19-15-24-25(18-10-4-3-5-11-18)22(19)16-8-6-7-9-16/h3-15,24H,2H2,1H3. The second-order valence-corrected chi connectivity index (χ2v) is 5.96. The molecule has 1 heterocycles. The highest BCUT2D eigenvalue weighted by molar-refractivity contribution is 5.88. The quantitative estimate of drug-likeness (QED) is 0.846. The second kappa shape index (κ2) is 6.92. The number of nitrogens with zero attached hydrogens (tertiary/aromatic N) is 1. The number of para-hydroxylation sites is 1. The first-order chi connectivity index (χ1) is 12.8. The van der Waals surface area contributed by atoms with Crippen LogP contribution in [0.1, 0.15) is 12.5 Å². The number of anilines is 1. The van der Waals surface area contributed by atoms with Crippen molar-refractivity contribution in [2.75, 3.05) is 11.6 Å². The van der Waals surface area contributed by atoms with E-state index in [4.69, 9.17) is 4.74 Å². The molecule has 1 aliphatic carbocycles. The Morgan fingerprint density at radius 3 is 2.50 bits per heavy atom. The van der Waals surface area contributed by atoms with Gasteiger partial charge in [0.15, 0.2) is 11.6 Å². The molecule has 3 nitrogen and oxygen atoms in total. The molecule has 0 atom stereocenters. The maximum atomic E-state index is 14.4. The molecule has 0 unspecified atom stereocenters. The van der Waals surface area contributed by atoms with Gasteiger partial charge >= 0.3 is 0 Å². The van der Waals surface area contributed by atoms with Crippen molar-refractivity contribution >= 4 is 11.3 Å². The Morgan fingerprint density at radius 2 is 1.81 bits per heavy atom. The predicted octanol–water partition coefficient (Wildman–Crippen LogP) is 4.97. The SMILES string of the molecule is CCOc1ccc(C2=CNN(c3ccccc3)C2=C2C=CC=C2)cc1F. The van der Waals surface area contributed by atoms with Crippen molar-refractivity contribution in [3.63, 3.8) is 0 Å². The van der Waals surface area contributed by atoms with Crippen LogP contribution in [-0.4, -0.2) is 6.61 Å². The van der Waals surface area contributed by atoms with Gasteiger partial charge < -0.3 is 10.2 Å². The number of benzene rings is 2. The molecule has 2 aliphatic rings. The Morgan fingerprint density at radius 1 is 1.04 bits per heavy atom. The van der Waals surface area contributed by atoms with E-state index in [9.17, 15) is 4.39 Å². The van der Waals surface area contributed by atoms with Crippen molar-refractivity contribution in [1.82, 2.24) is 5.43 Å². The summed E-state index contributed by atoms with van der Waals surface area (Å²) in [6.07, 6.45) is 10.0. The van der Waals surface area contributed by atoms with Crippen LogP contribution in [0.3, 0.4) is 0 Å². The highest BCUT2D eigenvalue weighted by atomic mass is 19.1. The van der Waals surface area contributed by atoms with Gasteiger partial charge in [0.05, 0.1) is 18.0 Å². The highest BCUT2D eigenvalue weighted by Gasteiger charge is 2.26. The zero-order chi connectivity index (χ0) is 17.9. The second-order valence-electron chi connectivity index (χ2n) is 5.96. The van der Waals surface area contributed by atoms with Crippen LogP contribution in [0.2, 0.25) is 0 Å². The van der Waals surface area contributed by atoms with Crippen LogP contribution in [0.25, 0.3) is 5.57 Å². The van der Waals surface area contributed by atoms with Gasteiger partial charge in [-0.3, -0.25) is 5.01 Å². The van der Waals surface area contributed by atoms with Gasteiger partial charge in [-0.25, -0.2) is 4.39 Å². The van der Waals surface area contributed by atoms with Gasteiger partial charge in [-0.15, -0.1) is 0 Å². The Bertz CT molecular complexity index is 928. The number of rotatable bonds is 4.